The lowest BCUT2D eigenvalue weighted by Crippen LogP contribution is -2.15. The van der Waals surface area contributed by atoms with Crippen LogP contribution in [0.3, 0.4) is 0 Å². The second-order valence-corrected chi connectivity index (χ2v) is 4.69. The summed E-state index contributed by atoms with van der Waals surface area (Å²) in [6, 6.07) is 4.61. The molecular formula is C11H13BrFNO. The Morgan fingerprint density at radius 3 is 3.00 bits per heavy atom. The number of benzene rings is 1. The van der Waals surface area contributed by atoms with Crippen molar-refractivity contribution in [1.82, 2.24) is 5.32 Å². The second-order valence-electron chi connectivity index (χ2n) is 3.77. The molecular weight excluding hydrogens is 261 g/mol. The lowest BCUT2D eigenvalue weighted by atomic mass is 10.1. The van der Waals surface area contributed by atoms with Gasteiger partial charge in [0.1, 0.15) is 11.6 Å². The molecule has 0 unspecified atom stereocenters. The predicted molar refractivity (Wildman–Crippen MR) is 60.6 cm³/mol. The first-order valence-corrected chi connectivity index (χ1v) is 5.83. The fourth-order valence-electron chi connectivity index (χ4n) is 1.68. The molecule has 1 aliphatic rings. The molecule has 82 valence electrons. The minimum Gasteiger partial charge on any atom is -0.493 e. The normalized spacial score (nSPS) is 20.5. The molecule has 1 fully saturated rings. The van der Waals surface area contributed by atoms with Crippen molar-refractivity contribution in [3.8, 4) is 5.75 Å². The van der Waals surface area contributed by atoms with E-state index in [1.807, 2.05) is 0 Å². The Morgan fingerprint density at radius 2 is 2.33 bits per heavy atom. The summed E-state index contributed by atoms with van der Waals surface area (Å²) in [6.07, 6.45) is 1.14. The SMILES string of the molecule is Fc1cc(Br)cc(OC[C@H]2CCNC2)c1. The zero-order valence-electron chi connectivity index (χ0n) is 8.30. The van der Waals surface area contributed by atoms with E-state index in [2.05, 4.69) is 21.2 Å². The van der Waals surface area contributed by atoms with Crippen molar-refractivity contribution in [1.29, 1.82) is 0 Å². The van der Waals surface area contributed by atoms with E-state index in [-0.39, 0.29) is 5.82 Å². The molecule has 1 saturated heterocycles. The van der Waals surface area contributed by atoms with Crippen LogP contribution in [0.5, 0.6) is 5.75 Å². The van der Waals surface area contributed by atoms with Crippen molar-refractivity contribution in [3.63, 3.8) is 0 Å². The molecule has 4 heteroatoms. The largest absolute Gasteiger partial charge is 0.493 e. The third-order valence-electron chi connectivity index (χ3n) is 2.48. The molecule has 0 saturated carbocycles. The van der Waals surface area contributed by atoms with Crippen molar-refractivity contribution < 1.29 is 9.13 Å². The smallest absolute Gasteiger partial charge is 0.128 e. The van der Waals surface area contributed by atoms with E-state index in [1.165, 1.54) is 12.1 Å². The first-order valence-electron chi connectivity index (χ1n) is 5.03. The maximum atomic E-state index is 13.0. The Kier molecular flexibility index (Phi) is 3.59. The molecule has 0 spiro atoms. The third-order valence-corrected chi connectivity index (χ3v) is 2.94. The molecule has 1 aromatic carbocycles. The summed E-state index contributed by atoms with van der Waals surface area (Å²) in [7, 11) is 0. The zero-order chi connectivity index (χ0) is 10.7. The standard InChI is InChI=1S/C11H13BrFNO/c12-9-3-10(13)5-11(4-9)15-7-8-1-2-14-6-8/h3-5,8,14H,1-2,6-7H2/t8-/m0/s1. The van der Waals surface area contributed by atoms with Gasteiger partial charge in [-0.15, -0.1) is 0 Å². The predicted octanol–water partition coefficient (Wildman–Crippen LogP) is 2.58. The van der Waals surface area contributed by atoms with E-state index >= 15 is 0 Å². The van der Waals surface area contributed by atoms with Crippen LogP contribution in [0.4, 0.5) is 4.39 Å². The number of hydrogen-bond acceptors (Lipinski definition) is 2. The van der Waals surface area contributed by atoms with Gasteiger partial charge < -0.3 is 10.1 Å². The van der Waals surface area contributed by atoms with Crippen LogP contribution in [-0.4, -0.2) is 19.7 Å². The number of ether oxygens (including phenoxy) is 1. The molecule has 0 amide bonds. The van der Waals surface area contributed by atoms with Crippen molar-refractivity contribution >= 4 is 15.9 Å². The van der Waals surface area contributed by atoms with E-state index < -0.39 is 0 Å². The first-order chi connectivity index (χ1) is 7.24. The maximum Gasteiger partial charge on any atom is 0.128 e. The van der Waals surface area contributed by atoms with Crippen LogP contribution in [0.2, 0.25) is 0 Å². The molecule has 0 bridgehead atoms. The van der Waals surface area contributed by atoms with Gasteiger partial charge in [0, 0.05) is 23.0 Å². The highest BCUT2D eigenvalue weighted by Crippen LogP contribution is 2.21. The molecule has 1 atom stereocenters. The fraction of sp³-hybridized carbons (Fsp3) is 0.455. The zero-order valence-corrected chi connectivity index (χ0v) is 9.89. The minimum atomic E-state index is -0.274. The molecule has 1 N–H and O–H groups in total. The highest BCUT2D eigenvalue weighted by Gasteiger charge is 2.15. The summed E-state index contributed by atoms with van der Waals surface area (Å²) in [5.41, 5.74) is 0. The molecule has 1 aliphatic heterocycles. The van der Waals surface area contributed by atoms with E-state index in [0.29, 0.717) is 22.7 Å². The quantitative estimate of drug-likeness (QED) is 0.914. The van der Waals surface area contributed by atoms with Crippen LogP contribution in [0.1, 0.15) is 6.42 Å². The van der Waals surface area contributed by atoms with Gasteiger partial charge in [-0.25, -0.2) is 4.39 Å². The Labute approximate surface area is 96.9 Å². The van der Waals surface area contributed by atoms with E-state index in [9.17, 15) is 4.39 Å². The Hall–Kier alpha value is -0.610. The number of hydrogen-bond donors (Lipinski definition) is 1. The molecule has 2 rings (SSSR count). The fourth-order valence-corrected chi connectivity index (χ4v) is 2.13. The highest BCUT2D eigenvalue weighted by molar-refractivity contribution is 9.10. The summed E-state index contributed by atoms with van der Waals surface area (Å²) < 4.78 is 19.3. The topological polar surface area (TPSA) is 21.3 Å². The molecule has 1 aromatic rings. The van der Waals surface area contributed by atoms with Gasteiger partial charge in [-0.3, -0.25) is 0 Å². The van der Waals surface area contributed by atoms with Crippen LogP contribution in [0.25, 0.3) is 0 Å². The average molecular weight is 274 g/mol. The number of nitrogens with one attached hydrogen (secondary N) is 1. The van der Waals surface area contributed by atoms with Gasteiger partial charge in [-0.05, 0) is 25.1 Å². The van der Waals surface area contributed by atoms with Gasteiger partial charge in [0.25, 0.3) is 0 Å². The lowest BCUT2D eigenvalue weighted by Gasteiger charge is -2.11. The average Bonchev–Trinajstić information content (AvgIpc) is 2.65. The Balaban J connectivity index is 1.92. The van der Waals surface area contributed by atoms with E-state index in [1.54, 1.807) is 6.07 Å². The van der Waals surface area contributed by atoms with Crippen molar-refractivity contribution in [3.05, 3.63) is 28.5 Å². The van der Waals surface area contributed by atoms with Gasteiger partial charge in [0.2, 0.25) is 0 Å². The summed E-state index contributed by atoms with van der Waals surface area (Å²) in [5.74, 6) is 0.865. The van der Waals surface area contributed by atoms with Gasteiger partial charge in [0.15, 0.2) is 0 Å². The Bertz CT molecular complexity index is 319. The van der Waals surface area contributed by atoms with E-state index in [0.717, 1.165) is 19.5 Å². The van der Waals surface area contributed by atoms with Crippen LogP contribution in [0.15, 0.2) is 22.7 Å². The molecule has 1 heterocycles. The lowest BCUT2D eigenvalue weighted by molar-refractivity contribution is 0.259. The second kappa shape index (κ2) is 4.94. The number of halogens is 2. The van der Waals surface area contributed by atoms with Gasteiger partial charge in [0.05, 0.1) is 6.61 Å². The maximum absolute atomic E-state index is 13.0. The Morgan fingerprint density at radius 1 is 1.47 bits per heavy atom. The van der Waals surface area contributed by atoms with Crippen LogP contribution >= 0.6 is 15.9 Å². The third kappa shape index (κ3) is 3.18. The first kappa shape index (κ1) is 10.9. The number of rotatable bonds is 3. The van der Waals surface area contributed by atoms with Crippen LogP contribution in [-0.2, 0) is 0 Å². The molecule has 0 aliphatic carbocycles. The molecule has 0 aromatic heterocycles. The van der Waals surface area contributed by atoms with Crippen molar-refractivity contribution in [2.45, 2.75) is 6.42 Å². The monoisotopic (exact) mass is 273 g/mol. The molecule has 2 nitrogen and oxygen atoms in total. The van der Waals surface area contributed by atoms with E-state index in [4.69, 9.17) is 4.74 Å². The van der Waals surface area contributed by atoms with Gasteiger partial charge in [-0.2, -0.15) is 0 Å². The summed E-state index contributed by atoms with van der Waals surface area (Å²) >= 11 is 3.23. The van der Waals surface area contributed by atoms with Crippen LogP contribution < -0.4 is 10.1 Å². The summed E-state index contributed by atoms with van der Waals surface area (Å²) in [5, 5.41) is 3.27. The summed E-state index contributed by atoms with van der Waals surface area (Å²) in [4.78, 5) is 0. The summed E-state index contributed by atoms with van der Waals surface area (Å²) in [6.45, 7) is 2.71. The van der Waals surface area contributed by atoms with Crippen molar-refractivity contribution in [2.75, 3.05) is 19.7 Å². The highest BCUT2D eigenvalue weighted by atomic mass is 79.9. The van der Waals surface area contributed by atoms with Crippen molar-refractivity contribution in [2.24, 2.45) is 5.92 Å². The van der Waals surface area contributed by atoms with Gasteiger partial charge >= 0.3 is 0 Å². The molecule has 15 heavy (non-hydrogen) atoms. The molecule has 0 radical (unpaired) electrons. The van der Waals surface area contributed by atoms with Crippen LogP contribution in [0, 0.1) is 11.7 Å². The minimum absolute atomic E-state index is 0.274. The van der Waals surface area contributed by atoms with Gasteiger partial charge in [-0.1, -0.05) is 15.9 Å².